The first kappa shape index (κ1) is 16.6. The molecule has 2 aromatic rings. The largest absolute Gasteiger partial charge is 0.352 e. The van der Waals surface area contributed by atoms with Crippen molar-refractivity contribution in [2.45, 2.75) is 56.5 Å². The predicted molar refractivity (Wildman–Crippen MR) is 98.3 cm³/mol. The summed E-state index contributed by atoms with van der Waals surface area (Å²) >= 11 is 0. The number of carbonyl (C=O) groups excluding carboxylic acids is 1. The normalized spacial score (nSPS) is 22.6. The van der Waals surface area contributed by atoms with E-state index in [1.165, 1.54) is 18.5 Å². The fraction of sp³-hybridized carbons (Fsp3) is 0.529. The minimum Gasteiger partial charge on any atom is -0.352 e. The third kappa shape index (κ3) is 4.22. The SMILES string of the molecule is NC(=O)NC1CCC(Nc2nccc(Nc3cc(C4CC4)[nH]n3)n2)CC1. The summed E-state index contributed by atoms with van der Waals surface area (Å²) in [6, 6.07) is 3.87. The summed E-state index contributed by atoms with van der Waals surface area (Å²) in [4.78, 5) is 19.8. The number of primary amides is 1. The van der Waals surface area contributed by atoms with Gasteiger partial charge in [0.2, 0.25) is 5.95 Å². The van der Waals surface area contributed by atoms with E-state index in [0.29, 0.717) is 23.7 Å². The number of aromatic amines is 1. The van der Waals surface area contributed by atoms with E-state index < -0.39 is 6.03 Å². The molecule has 0 spiro atoms. The number of hydrogen-bond acceptors (Lipinski definition) is 6. The molecule has 0 aromatic carbocycles. The molecule has 0 atom stereocenters. The van der Waals surface area contributed by atoms with Crippen molar-refractivity contribution in [3.8, 4) is 0 Å². The van der Waals surface area contributed by atoms with Gasteiger partial charge in [0.05, 0.1) is 0 Å². The Morgan fingerprint density at radius 1 is 1.12 bits per heavy atom. The van der Waals surface area contributed by atoms with Gasteiger partial charge < -0.3 is 21.7 Å². The number of anilines is 3. The second-order valence-electron chi connectivity index (χ2n) is 7.07. The van der Waals surface area contributed by atoms with Crippen molar-refractivity contribution in [1.29, 1.82) is 0 Å². The highest BCUT2D eigenvalue weighted by molar-refractivity contribution is 5.71. The lowest BCUT2D eigenvalue weighted by Crippen LogP contribution is -2.42. The van der Waals surface area contributed by atoms with E-state index in [4.69, 9.17) is 5.73 Å². The fourth-order valence-electron chi connectivity index (χ4n) is 3.40. The van der Waals surface area contributed by atoms with Crippen molar-refractivity contribution in [3.05, 3.63) is 24.0 Å². The minimum absolute atomic E-state index is 0.166. The summed E-state index contributed by atoms with van der Waals surface area (Å²) in [5, 5.41) is 16.7. The van der Waals surface area contributed by atoms with Crippen LogP contribution in [-0.2, 0) is 0 Å². The molecular weight excluding hydrogens is 332 g/mol. The van der Waals surface area contributed by atoms with Crippen LogP contribution in [0, 0.1) is 0 Å². The van der Waals surface area contributed by atoms with Gasteiger partial charge in [0.1, 0.15) is 5.82 Å². The molecule has 0 aliphatic heterocycles. The number of amides is 2. The van der Waals surface area contributed by atoms with Crippen LogP contribution in [0.15, 0.2) is 18.3 Å². The van der Waals surface area contributed by atoms with Gasteiger partial charge in [0.25, 0.3) is 0 Å². The summed E-state index contributed by atoms with van der Waals surface area (Å²) in [5.74, 6) is 2.72. The maximum atomic E-state index is 10.9. The summed E-state index contributed by atoms with van der Waals surface area (Å²) in [5.41, 5.74) is 6.36. The second kappa shape index (κ2) is 7.19. The highest BCUT2D eigenvalue weighted by Gasteiger charge is 2.25. The molecule has 0 radical (unpaired) electrons. The first-order valence-electron chi connectivity index (χ1n) is 9.13. The number of hydrogen-bond donors (Lipinski definition) is 5. The molecule has 2 aliphatic carbocycles. The summed E-state index contributed by atoms with van der Waals surface area (Å²) < 4.78 is 0. The molecule has 2 aliphatic rings. The van der Waals surface area contributed by atoms with Crippen LogP contribution in [0.1, 0.15) is 50.1 Å². The van der Waals surface area contributed by atoms with E-state index in [1.54, 1.807) is 6.20 Å². The molecule has 0 bridgehead atoms. The van der Waals surface area contributed by atoms with Gasteiger partial charge in [0.15, 0.2) is 5.82 Å². The average Bonchev–Trinajstić information content (AvgIpc) is 3.37. The third-order valence-corrected chi connectivity index (χ3v) is 4.93. The van der Waals surface area contributed by atoms with Crippen molar-refractivity contribution in [3.63, 3.8) is 0 Å². The molecule has 26 heavy (non-hydrogen) atoms. The molecule has 2 fully saturated rings. The Labute approximate surface area is 151 Å². The van der Waals surface area contributed by atoms with Crippen molar-refractivity contribution in [2.24, 2.45) is 5.73 Å². The van der Waals surface area contributed by atoms with E-state index in [9.17, 15) is 4.79 Å². The van der Waals surface area contributed by atoms with Crippen molar-refractivity contribution in [2.75, 3.05) is 10.6 Å². The average molecular weight is 356 g/mol. The van der Waals surface area contributed by atoms with Gasteiger partial charge in [0, 0.05) is 36.0 Å². The highest BCUT2D eigenvalue weighted by atomic mass is 16.2. The van der Waals surface area contributed by atoms with E-state index in [2.05, 4.69) is 36.1 Å². The maximum absolute atomic E-state index is 10.9. The monoisotopic (exact) mass is 356 g/mol. The molecule has 138 valence electrons. The smallest absolute Gasteiger partial charge is 0.312 e. The van der Waals surface area contributed by atoms with Crippen molar-refractivity contribution >= 4 is 23.6 Å². The molecule has 2 heterocycles. The summed E-state index contributed by atoms with van der Waals surface area (Å²) in [6.45, 7) is 0. The van der Waals surface area contributed by atoms with Gasteiger partial charge in [-0.15, -0.1) is 0 Å². The quantitative estimate of drug-likeness (QED) is 0.539. The van der Waals surface area contributed by atoms with Gasteiger partial charge in [-0.3, -0.25) is 5.10 Å². The van der Waals surface area contributed by atoms with Gasteiger partial charge in [-0.05, 0) is 44.6 Å². The lowest BCUT2D eigenvalue weighted by molar-refractivity contribution is 0.240. The van der Waals surface area contributed by atoms with Crippen molar-refractivity contribution in [1.82, 2.24) is 25.5 Å². The molecule has 9 heteroatoms. The Morgan fingerprint density at radius 2 is 1.88 bits per heavy atom. The molecule has 0 saturated heterocycles. The lowest BCUT2D eigenvalue weighted by Gasteiger charge is -2.29. The Hall–Kier alpha value is -2.84. The number of H-pyrrole nitrogens is 1. The van der Waals surface area contributed by atoms with Crippen LogP contribution in [0.5, 0.6) is 0 Å². The zero-order chi connectivity index (χ0) is 17.9. The molecular formula is C17H24N8O. The minimum atomic E-state index is -0.452. The first-order chi connectivity index (χ1) is 12.7. The van der Waals surface area contributed by atoms with Gasteiger partial charge in [-0.2, -0.15) is 10.1 Å². The number of nitrogens with zero attached hydrogens (tertiary/aromatic N) is 3. The Bertz CT molecular complexity index is 764. The summed E-state index contributed by atoms with van der Waals surface area (Å²) in [7, 11) is 0. The topological polar surface area (TPSA) is 134 Å². The number of urea groups is 1. The van der Waals surface area contributed by atoms with Crippen LogP contribution < -0.4 is 21.7 Å². The maximum Gasteiger partial charge on any atom is 0.312 e. The van der Waals surface area contributed by atoms with Gasteiger partial charge in [-0.25, -0.2) is 9.78 Å². The zero-order valence-corrected chi connectivity index (χ0v) is 14.5. The Balaban J connectivity index is 1.32. The first-order valence-corrected chi connectivity index (χ1v) is 9.13. The van der Waals surface area contributed by atoms with Gasteiger partial charge >= 0.3 is 6.03 Å². The lowest BCUT2D eigenvalue weighted by atomic mass is 9.91. The van der Waals surface area contributed by atoms with Crippen LogP contribution in [0.25, 0.3) is 0 Å². The zero-order valence-electron chi connectivity index (χ0n) is 14.5. The van der Waals surface area contributed by atoms with Crippen LogP contribution in [0.3, 0.4) is 0 Å². The molecule has 4 rings (SSSR count). The third-order valence-electron chi connectivity index (χ3n) is 4.93. The molecule has 9 nitrogen and oxygen atoms in total. The number of nitrogens with one attached hydrogen (secondary N) is 4. The number of carbonyl (C=O) groups is 1. The van der Waals surface area contributed by atoms with Crippen LogP contribution in [0.4, 0.5) is 22.4 Å². The van der Waals surface area contributed by atoms with Crippen molar-refractivity contribution < 1.29 is 4.79 Å². The number of nitrogens with two attached hydrogens (primary N) is 1. The number of rotatable bonds is 6. The molecule has 0 unspecified atom stereocenters. The predicted octanol–water partition coefficient (Wildman–Crippen LogP) is 2.21. The standard InChI is InChI=1S/C17H24N8O/c18-16(26)20-11-3-5-12(6-4-11)21-17-19-8-7-14(23-17)22-15-9-13(24-25-15)10-1-2-10/h7-12H,1-6H2,(H3,18,20,26)(H3,19,21,22,23,24,25). The molecule has 2 aromatic heterocycles. The molecule has 2 saturated carbocycles. The van der Waals surface area contributed by atoms with Crippen LogP contribution in [-0.4, -0.2) is 38.3 Å². The van der Waals surface area contributed by atoms with E-state index >= 15 is 0 Å². The fourth-order valence-corrected chi connectivity index (χ4v) is 3.40. The van der Waals surface area contributed by atoms with Crippen LogP contribution in [0.2, 0.25) is 0 Å². The van der Waals surface area contributed by atoms with Gasteiger partial charge in [-0.1, -0.05) is 0 Å². The van der Waals surface area contributed by atoms with E-state index in [-0.39, 0.29) is 6.04 Å². The molecule has 6 N–H and O–H groups in total. The Morgan fingerprint density at radius 3 is 2.62 bits per heavy atom. The highest BCUT2D eigenvalue weighted by Crippen LogP contribution is 2.39. The summed E-state index contributed by atoms with van der Waals surface area (Å²) in [6.07, 6.45) is 7.88. The van der Waals surface area contributed by atoms with Crippen LogP contribution >= 0.6 is 0 Å². The van der Waals surface area contributed by atoms with E-state index in [1.807, 2.05) is 12.1 Å². The second-order valence-corrected chi connectivity index (χ2v) is 7.07. The number of aromatic nitrogens is 4. The Kier molecular flexibility index (Phi) is 4.59. The van der Waals surface area contributed by atoms with E-state index in [0.717, 1.165) is 31.5 Å². The molecule has 2 amide bonds.